The van der Waals surface area contributed by atoms with Crippen LogP contribution in [0.3, 0.4) is 0 Å². The number of rotatable bonds is 4. The normalized spacial score (nSPS) is 10.7. The first kappa shape index (κ1) is 13.3. The van der Waals surface area contributed by atoms with Crippen LogP contribution >= 0.6 is 0 Å². The van der Waals surface area contributed by atoms with Gasteiger partial charge in [0.15, 0.2) is 0 Å². The van der Waals surface area contributed by atoms with Crippen LogP contribution in [0.25, 0.3) is 5.69 Å². The van der Waals surface area contributed by atoms with Gasteiger partial charge < -0.3 is 5.32 Å². The summed E-state index contributed by atoms with van der Waals surface area (Å²) < 4.78 is 1.84. The zero-order valence-corrected chi connectivity index (χ0v) is 11.6. The molecule has 100 valence electrons. The van der Waals surface area contributed by atoms with Crippen LogP contribution in [0.1, 0.15) is 29.9 Å². The van der Waals surface area contributed by atoms with Gasteiger partial charge >= 0.3 is 0 Å². The Hall–Kier alpha value is -2.10. The summed E-state index contributed by atoms with van der Waals surface area (Å²) in [5.74, 6) is 0.424. The summed E-state index contributed by atoms with van der Waals surface area (Å²) in [6.45, 7) is 6.84. The maximum atomic E-state index is 11.9. The molecule has 1 amide bonds. The summed E-state index contributed by atoms with van der Waals surface area (Å²) in [5.41, 5.74) is 2.70. The van der Waals surface area contributed by atoms with Crippen LogP contribution in [0.2, 0.25) is 0 Å². The molecule has 0 bridgehead atoms. The number of benzene rings is 1. The highest BCUT2D eigenvalue weighted by Gasteiger charge is 2.07. The van der Waals surface area contributed by atoms with Crippen molar-refractivity contribution in [2.45, 2.75) is 20.8 Å². The SMILES string of the molecule is Cc1ccnn1-c1ccc(C(=O)NCC(C)C)cc1. The van der Waals surface area contributed by atoms with Gasteiger partial charge in [-0.05, 0) is 43.2 Å². The highest BCUT2D eigenvalue weighted by atomic mass is 16.1. The van der Waals surface area contributed by atoms with Crippen molar-refractivity contribution in [3.05, 3.63) is 47.8 Å². The molecule has 1 aromatic carbocycles. The van der Waals surface area contributed by atoms with Crippen molar-refractivity contribution in [1.29, 1.82) is 0 Å². The molecule has 0 saturated heterocycles. The fourth-order valence-electron chi connectivity index (χ4n) is 1.79. The minimum Gasteiger partial charge on any atom is -0.352 e. The molecule has 2 rings (SSSR count). The lowest BCUT2D eigenvalue weighted by Gasteiger charge is -2.09. The highest BCUT2D eigenvalue weighted by molar-refractivity contribution is 5.94. The average molecular weight is 257 g/mol. The summed E-state index contributed by atoms with van der Waals surface area (Å²) in [7, 11) is 0. The molecule has 1 aromatic heterocycles. The average Bonchev–Trinajstić information content (AvgIpc) is 2.82. The zero-order valence-electron chi connectivity index (χ0n) is 11.6. The van der Waals surface area contributed by atoms with Gasteiger partial charge in [-0.3, -0.25) is 4.79 Å². The van der Waals surface area contributed by atoms with E-state index in [0.717, 1.165) is 11.4 Å². The Bertz CT molecular complexity index is 555. The first-order valence-electron chi connectivity index (χ1n) is 6.47. The number of amides is 1. The molecule has 0 unspecified atom stereocenters. The van der Waals surface area contributed by atoms with Crippen LogP contribution in [-0.4, -0.2) is 22.2 Å². The highest BCUT2D eigenvalue weighted by Crippen LogP contribution is 2.11. The van der Waals surface area contributed by atoms with Gasteiger partial charge in [0.1, 0.15) is 0 Å². The van der Waals surface area contributed by atoms with E-state index in [9.17, 15) is 4.79 Å². The van der Waals surface area contributed by atoms with Gasteiger partial charge in [-0.2, -0.15) is 5.10 Å². The minimum atomic E-state index is -0.0302. The van der Waals surface area contributed by atoms with Crippen LogP contribution in [0, 0.1) is 12.8 Å². The first-order valence-corrected chi connectivity index (χ1v) is 6.47. The number of carbonyl (C=O) groups excluding carboxylic acids is 1. The third-order valence-corrected chi connectivity index (χ3v) is 2.88. The van der Waals surface area contributed by atoms with Gasteiger partial charge in [-0.25, -0.2) is 4.68 Å². The van der Waals surface area contributed by atoms with Crippen molar-refractivity contribution in [1.82, 2.24) is 15.1 Å². The number of nitrogens with one attached hydrogen (secondary N) is 1. The lowest BCUT2D eigenvalue weighted by molar-refractivity contribution is 0.0949. The zero-order chi connectivity index (χ0) is 13.8. The van der Waals surface area contributed by atoms with Crippen LogP contribution in [0.4, 0.5) is 0 Å². The Morgan fingerprint density at radius 3 is 2.47 bits per heavy atom. The quantitative estimate of drug-likeness (QED) is 0.915. The number of nitrogens with zero attached hydrogens (tertiary/aromatic N) is 2. The summed E-state index contributed by atoms with van der Waals surface area (Å²) in [6.07, 6.45) is 1.76. The fourth-order valence-corrected chi connectivity index (χ4v) is 1.79. The van der Waals surface area contributed by atoms with Crippen molar-refractivity contribution in [2.75, 3.05) is 6.54 Å². The monoisotopic (exact) mass is 257 g/mol. The van der Waals surface area contributed by atoms with Crippen LogP contribution in [-0.2, 0) is 0 Å². The molecule has 0 aliphatic heterocycles. The maximum absolute atomic E-state index is 11.9. The van der Waals surface area contributed by atoms with Crippen molar-refractivity contribution >= 4 is 5.91 Å². The molecular formula is C15H19N3O. The largest absolute Gasteiger partial charge is 0.352 e. The van der Waals surface area contributed by atoms with Crippen molar-refractivity contribution in [3.8, 4) is 5.69 Å². The van der Waals surface area contributed by atoms with Gasteiger partial charge in [0.2, 0.25) is 0 Å². The molecule has 0 fully saturated rings. The van der Waals surface area contributed by atoms with Crippen molar-refractivity contribution < 1.29 is 4.79 Å². The Balaban J connectivity index is 2.10. The molecule has 0 aliphatic rings. The number of hydrogen-bond acceptors (Lipinski definition) is 2. The summed E-state index contributed by atoms with van der Waals surface area (Å²) in [4.78, 5) is 11.9. The van der Waals surface area contributed by atoms with Gasteiger partial charge in [-0.15, -0.1) is 0 Å². The summed E-state index contributed by atoms with van der Waals surface area (Å²) >= 11 is 0. The molecule has 0 aliphatic carbocycles. The Kier molecular flexibility index (Phi) is 4.00. The van der Waals surface area contributed by atoms with Gasteiger partial charge in [-0.1, -0.05) is 13.8 Å². The molecular weight excluding hydrogens is 238 g/mol. The standard InChI is InChI=1S/C15H19N3O/c1-11(2)10-16-15(19)13-4-6-14(7-5-13)18-12(3)8-9-17-18/h4-9,11H,10H2,1-3H3,(H,16,19). The van der Waals surface area contributed by atoms with Crippen LogP contribution < -0.4 is 5.32 Å². The molecule has 19 heavy (non-hydrogen) atoms. The van der Waals surface area contributed by atoms with Crippen molar-refractivity contribution in [3.63, 3.8) is 0 Å². The lowest BCUT2D eigenvalue weighted by Crippen LogP contribution is -2.27. The Morgan fingerprint density at radius 1 is 1.26 bits per heavy atom. The van der Waals surface area contributed by atoms with E-state index in [1.54, 1.807) is 6.20 Å². The maximum Gasteiger partial charge on any atom is 0.251 e. The smallest absolute Gasteiger partial charge is 0.251 e. The van der Waals surface area contributed by atoms with Crippen LogP contribution in [0.15, 0.2) is 36.5 Å². The Labute approximate surface area is 113 Å². The van der Waals surface area contributed by atoms with E-state index in [4.69, 9.17) is 0 Å². The third kappa shape index (κ3) is 3.22. The predicted octanol–water partition coefficient (Wildman–Crippen LogP) is 2.57. The molecule has 0 saturated carbocycles. The lowest BCUT2D eigenvalue weighted by atomic mass is 10.1. The molecule has 0 spiro atoms. The van der Waals surface area contributed by atoms with Gasteiger partial charge in [0.05, 0.1) is 5.69 Å². The van der Waals surface area contributed by atoms with E-state index in [1.165, 1.54) is 0 Å². The molecule has 4 nitrogen and oxygen atoms in total. The number of aryl methyl sites for hydroxylation is 1. The number of carbonyl (C=O) groups is 1. The molecule has 1 N–H and O–H groups in total. The topological polar surface area (TPSA) is 46.9 Å². The summed E-state index contributed by atoms with van der Waals surface area (Å²) in [6, 6.07) is 9.41. The van der Waals surface area contributed by atoms with E-state index < -0.39 is 0 Å². The molecule has 2 aromatic rings. The molecule has 4 heteroatoms. The molecule has 0 atom stereocenters. The number of aromatic nitrogens is 2. The van der Waals surface area contributed by atoms with E-state index in [0.29, 0.717) is 18.0 Å². The van der Waals surface area contributed by atoms with E-state index in [1.807, 2.05) is 41.9 Å². The second kappa shape index (κ2) is 5.69. The Morgan fingerprint density at radius 2 is 1.95 bits per heavy atom. The number of hydrogen-bond donors (Lipinski definition) is 1. The van der Waals surface area contributed by atoms with Crippen LogP contribution in [0.5, 0.6) is 0 Å². The van der Waals surface area contributed by atoms with Crippen molar-refractivity contribution in [2.24, 2.45) is 5.92 Å². The van der Waals surface area contributed by atoms with E-state index in [-0.39, 0.29) is 5.91 Å². The third-order valence-electron chi connectivity index (χ3n) is 2.88. The summed E-state index contributed by atoms with van der Waals surface area (Å²) in [5, 5.41) is 7.14. The minimum absolute atomic E-state index is 0.0302. The van der Waals surface area contributed by atoms with Gasteiger partial charge in [0.25, 0.3) is 5.91 Å². The van der Waals surface area contributed by atoms with E-state index in [2.05, 4.69) is 24.3 Å². The fraction of sp³-hybridized carbons (Fsp3) is 0.333. The second-order valence-electron chi connectivity index (χ2n) is 5.04. The molecule has 0 radical (unpaired) electrons. The van der Waals surface area contributed by atoms with Gasteiger partial charge in [0, 0.05) is 24.0 Å². The molecule has 1 heterocycles. The van der Waals surface area contributed by atoms with E-state index >= 15 is 0 Å². The first-order chi connectivity index (χ1) is 9.08. The second-order valence-corrected chi connectivity index (χ2v) is 5.04. The predicted molar refractivity (Wildman–Crippen MR) is 75.5 cm³/mol.